The number of carboxylic acid groups (broad SMARTS) is 1. The largest absolute Gasteiger partial charge is 0.479 e. The number of carboxylic acids is 1. The molecule has 2 aromatic rings. The number of fused-ring (bicyclic) bond motifs is 2. The molecule has 0 bridgehead atoms. The number of hydrogen-bond acceptors (Lipinski definition) is 2. The van der Waals surface area contributed by atoms with E-state index in [0.29, 0.717) is 19.4 Å². The van der Waals surface area contributed by atoms with E-state index in [1.54, 1.807) is 4.90 Å². The first kappa shape index (κ1) is 14.0. The van der Waals surface area contributed by atoms with Crippen LogP contribution in [0, 0.1) is 0 Å². The van der Waals surface area contributed by atoms with Gasteiger partial charge >= 0.3 is 5.97 Å². The monoisotopic (exact) mass is 307 g/mol. The number of aliphatic carboxylic acids is 1. The maximum Gasteiger partial charge on any atom is 0.331 e. The summed E-state index contributed by atoms with van der Waals surface area (Å²) in [6, 6.07) is 14.5. The molecule has 1 amide bonds. The van der Waals surface area contributed by atoms with Crippen molar-refractivity contribution in [2.45, 2.75) is 24.8 Å². The smallest absolute Gasteiger partial charge is 0.331 e. The summed E-state index contributed by atoms with van der Waals surface area (Å²) < 4.78 is 0. The SMILES string of the molecule is O=C(O)[C@H]1c2ccccc2CCN1C(=O)[C@H]1Cc2ccccc21. The highest BCUT2D eigenvalue weighted by Crippen LogP contribution is 2.39. The van der Waals surface area contributed by atoms with E-state index < -0.39 is 12.0 Å². The van der Waals surface area contributed by atoms with E-state index >= 15 is 0 Å². The van der Waals surface area contributed by atoms with Crippen molar-refractivity contribution in [3.05, 3.63) is 70.8 Å². The third-order valence-electron chi connectivity index (χ3n) is 4.95. The van der Waals surface area contributed by atoms with Gasteiger partial charge in [-0.3, -0.25) is 4.79 Å². The molecule has 2 aliphatic rings. The number of hydrogen-bond donors (Lipinski definition) is 1. The molecule has 0 spiro atoms. The molecule has 0 saturated carbocycles. The Balaban J connectivity index is 1.67. The summed E-state index contributed by atoms with van der Waals surface area (Å²) in [5.41, 5.74) is 4.00. The molecular weight excluding hydrogens is 290 g/mol. The first-order chi connectivity index (χ1) is 11.2. The molecule has 2 atom stereocenters. The zero-order chi connectivity index (χ0) is 16.0. The third-order valence-corrected chi connectivity index (χ3v) is 4.95. The summed E-state index contributed by atoms with van der Waals surface area (Å²) in [5, 5.41) is 9.68. The van der Waals surface area contributed by atoms with Crippen LogP contribution in [0.25, 0.3) is 0 Å². The lowest BCUT2D eigenvalue weighted by Crippen LogP contribution is -2.47. The molecule has 1 aliphatic carbocycles. The Morgan fingerprint density at radius 3 is 2.30 bits per heavy atom. The van der Waals surface area contributed by atoms with Crippen molar-refractivity contribution in [3.63, 3.8) is 0 Å². The van der Waals surface area contributed by atoms with Gasteiger partial charge in [0, 0.05) is 6.54 Å². The van der Waals surface area contributed by atoms with Gasteiger partial charge in [-0.15, -0.1) is 0 Å². The van der Waals surface area contributed by atoms with Gasteiger partial charge in [0.1, 0.15) is 0 Å². The lowest BCUT2D eigenvalue weighted by molar-refractivity contribution is -0.152. The Kier molecular flexibility index (Phi) is 3.18. The zero-order valence-electron chi connectivity index (χ0n) is 12.6. The fourth-order valence-electron chi connectivity index (χ4n) is 3.75. The molecule has 0 aromatic heterocycles. The highest BCUT2D eigenvalue weighted by atomic mass is 16.4. The number of amides is 1. The van der Waals surface area contributed by atoms with Gasteiger partial charge in [-0.05, 0) is 35.1 Å². The second kappa shape index (κ2) is 5.23. The third kappa shape index (κ3) is 2.13. The second-order valence-corrected chi connectivity index (χ2v) is 6.18. The number of carbonyl (C=O) groups is 2. The zero-order valence-corrected chi connectivity index (χ0v) is 12.6. The van der Waals surface area contributed by atoms with Gasteiger partial charge in [0.15, 0.2) is 6.04 Å². The van der Waals surface area contributed by atoms with E-state index in [2.05, 4.69) is 0 Å². The quantitative estimate of drug-likeness (QED) is 0.927. The van der Waals surface area contributed by atoms with Crippen molar-refractivity contribution in [2.75, 3.05) is 6.54 Å². The lowest BCUT2D eigenvalue weighted by atomic mass is 9.76. The van der Waals surface area contributed by atoms with Crippen molar-refractivity contribution in [2.24, 2.45) is 0 Å². The number of carbonyl (C=O) groups excluding carboxylic acids is 1. The van der Waals surface area contributed by atoms with Crippen LogP contribution < -0.4 is 0 Å². The van der Waals surface area contributed by atoms with Crippen LogP contribution >= 0.6 is 0 Å². The predicted octanol–water partition coefficient (Wildman–Crippen LogP) is 2.54. The van der Waals surface area contributed by atoms with Crippen molar-refractivity contribution in [1.82, 2.24) is 4.90 Å². The molecule has 0 saturated heterocycles. The van der Waals surface area contributed by atoms with Crippen LogP contribution in [0.4, 0.5) is 0 Å². The van der Waals surface area contributed by atoms with E-state index in [0.717, 1.165) is 16.7 Å². The van der Waals surface area contributed by atoms with Gasteiger partial charge in [-0.2, -0.15) is 0 Å². The summed E-state index contributed by atoms with van der Waals surface area (Å²) in [6.45, 7) is 0.464. The highest BCUT2D eigenvalue weighted by molar-refractivity contribution is 5.91. The van der Waals surface area contributed by atoms with E-state index in [1.807, 2.05) is 48.5 Å². The minimum Gasteiger partial charge on any atom is -0.479 e. The average Bonchev–Trinajstić information content (AvgIpc) is 2.54. The summed E-state index contributed by atoms with van der Waals surface area (Å²) in [5.74, 6) is -1.22. The fraction of sp³-hybridized carbons (Fsp3) is 0.263. The molecule has 4 rings (SSSR count). The van der Waals surface area contributed by atoms with Gasteiger partial charge in [0.2, 0.25) is 5.91 Å². The van der Waals surface area contributed by atoms with Gasteiger partial charge in [0.05, 0.1) is 5.92 Å². The van der Waals surface area contributed by atoms with Crippen LogP contribution in [0.15, 0.2) is 48.5 Å². The highest BCUT2D eigenvalue weighted by Gasteiger charge is 2.41. The maximum absolute atomic E-state index is 12.9. The molecule has 1 heterocycles. The van der Waals surface area contributed by atoms with Gasteiger partial charge in [-0.1, -0.05) is 48.5 Å². The van der Waals surface area contributed by atoms with Crippen molar-refractivity contribution >= 4 is 11.9 Å². The lowest BCUT2D eigenvalue weighted by Gasteiger charge is -2.39. The maximum atomic E-state index is 12.9. The minimum atomic E-state index is -0.960. The fourth-order valence-corrected chi connectivity index (χ4v) is 3.75. The normalized spacial score (nSPS) is 21.8. The Morgan fingerprint density at radius 2 is 1.61 bits per heavy atom. The minimum absolute atomic E-state index is 0.0643. The Labute approximate surface area is 134 Å². The molecule has 4 nitrogen and oxygen atoms in total. The molecule has 4 heteroatoms. The van der Waals surface area contributed by atoms with E-state index in [9.17, 15) is 14.7 Å². The topological polar surface area (TPSA) is 57.6 Å². The average molecular weight is 307 g/mol. The van der Waals surface area contributed by atoms with E-state index in [4.69, 9.17) is 0 Å². The van der Waals surface area contributed by atoms with Gasteiger partial charge in [0.25, 0.3) is 0 Å². The molecule has 23 heavy (non-hydrogen) atoms. The summed E-state index contributed by atoms with van der Waals surface area (Å²) in [6.07, 6.45) is 1.42. The molecular formula is C19H17NO3. The first-order valence-electron chi connectivity index (χ1n) is 7.85. The molecule has 0 unspecified atom stereocenters. The Morgan fingerprint density at radius 1 is 0.957 bits per heavy atom. The Bertz CT molecular complexity index is 799. The molecule has 116 valence electrons. The van der Waals surface area contributed by atoms with Crippen LogP contribution in [-0.4, -0.2) is 28.4 Å². The molecule has 0 radical (unpaired) electrons. The van der Waals surface area contributed by atoms with Crippen molar-refractivity contribution in [3.8, 4) is 0 Å². The summed E-state index contributed by atoms with van der Waals surface area (Å²) >= 11 is 0. The van der Waals surface area contributed by atoms with Crippen molar-refractivity contribution in [1.29, 1.82) is 0 Å². The van der Waals surface area contributed by atoms with E-state index in [1.165, 1.54) is 5.56 Å². The summed E-state index contributed by atoms with van der Waals surface area (Å²) in [4.78, 5) is 26.3. The molecule has 2 aromatic carbocycles. The predicted molar refractivity (Wildman–Crippen MR) is 85.1 cm³/mol. The number of nitrogens with zero attached hydrogens (tertiary/aromatic N) is 1. The standard InChI is InChI=1S/C19H17NO3/c21-18(16-11-13-6-2-3-7-14(13)16)20-10-9-12-5-1-4-8-15(12)17(20)19(22)23/h1-8,16-17H,9-11H2,(H,22,23)/t16-,17+/m0/s1. The van der Waals surface area contributed by atoms with Crippen LogP contribution in [0.2, 0.25) is 0 Å². The second-order valence-electron chi connectivity index (χ2n) is 6.18. The number of rotatable bonds is 2. The molecule has 1 N–H and O–H groups in total. The summed E-state index contributed by atoms with van der Waals surface area (Å²) in [7, 11) is 0. The van der Waals surface area contributed by atoms with Gasteiger partial charge < -0.3 is 10.0 Å². The molecule has 0 fully saturated rings. The first-order valence-corrected chi connectivity index (χ1v) is 7.85. The van der Waals surface area contributed by atoms with E-state index in [-0.39, 0.29) is 11.8 Å². The van der Waals surface area contributed by atoms with Crippen LogP contribution in [0.1, 0.15) is 34.2 Å². The van der Waals surface area contributed by atoms with Crippen LogP contribution in [-0.2, 0) is 22.4 Å². The van der Waals surface area contributed by atoms with Crippen molar-refractivity contribution < 1.29 is 14.7 Å². The van der Waals surface area contributed by atoms with Crippen LogP contribution in [0.5, 0.6) is 0 Å². The van der Waals surface area contributed by atoms with Crippen LogP contribution in [0.3, 0.4) is 0 Å². The number of benzene rings is 2. The Hall–Kier alpha value is -2.62. The molecule has 1 aliphatic heterocycles. The van der Waals surface area contributed by atoms with Gasteiger partial charge in [-0.25, -0.2) is 4.79 Å².